The van der Waals surface area contributed by atoms with Gasteiger partial charge in [0.05, 0.1) is 0 Å². The van der Waals surface area contributed by atoms with Gasteiger partial charge in [0.1, 0.15) is 16.7 Å². The predicted molar refractivity (Wildman–Crippen MR) is 68.9 cm³/mol. The van der Waals surface area contributed by atoms with Crippen molar-refractivity contribution in [1.29, 1.82) is 5.41 Å². The largest absolute Gasteiger partial charge is 0.329 e. The smallest absolute Gasteiger partial charge is 0.315 e. The lowest BCUT2D eigenvalue weighted by molar-refractivity contribution is 0.771. The Morgan fingerprint density at radius 3 is 2.59 bits per heavy atom. The van der Waals surface area contributed by atoms with Crippen molar-refractivity contribution >= 4 is 35.7 Å². The Morgan fingerprint density at radius 1 is 1.41 bits per heavy atom. The van der Waals surface area contributed by atoms with Gasteiger partial charge in [-0.2, -0.15) is 0 Å². The molecule has 6 nitrogen and oxygen atoms in total. The summed E-state index contributed by atoms with van der Waals surface area (Å²) in [6, 6.07) is 0. The van der Waals surface area contributed by atoms with Crippen LogP contribution in [0.15, 0.2) is 9.59 Å². The molecule has 0 unspecified atom stereocenters. The number of hydrogen-bond donors (Lipinski definition) is 2. The second-order valence-electron chi connectivity index (χ2n) is 3.66. The van der Waals surface area contributed by atoms with Crippen molar-refractivity contribution in [2.75, 3.05) is 11.4 Å². The van der Waals surface area contributed by atoms with Crippen LogP contribution in [0.25, 0.3) is 0 Å². The van der Waals surface area contributed by atoms with E-state index in [1.807, 2.05) is 0 Å². The van der Waals surface area contributed by atoms with Gasteiger partial charge < -0.3 is 4.90 Å². The summed E-state index contributed by atoms with van der Waals surface area (Å²) in [6.07, 6.45) is 1.46. The van der Waals surface area contributed by atoms with Crippen LogP contribution in [-0.4, -0.2) is 21.9 Å². The number of nitrogens with zero attached hydrogens (tertiary/aromatic N) is 2. The molecule has 0 atom stereocenters. The summed E-state index contributed by atoms with van der Waals surface area (Å²) < 4.78 is 0.908. The van der Waals surface area contributed by atoms with Crippen LogP contribution < -0.4 is 16.1 Å². The second kappa shape index (κ2) is 4.93. The molecule has 1 aliphatic rings. The summed E-state index contributed by atoms with van der Waals surface area (Å²) in [5.74, 6) is 0.600. The number of aromatic nitrogens is 2. The first-order valence-electron chi connectivity index (χ1n) is 4.86. The molecule has 1 saturated heterocycles. The zero-order chi connectivity index (χ0) is 11.9. The maximum atomic E-state index is 11.6. The highest BCUT2D eigenvalue weighted by Gasteiger charge is 2.23. The van der Waals surface area contributed by atoms with Crippen LogP contribution in [0, 0.1) is 5.41 Å². The molecule has 1 aliphatic heterocycles. The number of amidine groups is 1. The van der Waals surface area contributed by atoms with E-state index in [4.69, 9.17) is 17.0 Å². The van der Waals surface area contributed by atoms with Crippen molar-refractivity contribution in [2.45, 2.75) is 12.8 Å². The van der Waals surface area contributed by atoms with Gasteiger partial charge in [-0.1, -0.05) is 11.6 Å². The Kier molecular flexibility index (Phi) is 4.00. The molecule has 17 heavy (non-hydrogen) atoms. The molecule has 0 aromatic carbocycles. The molecular weight excluding hydrogens is 267 g/mol. The fraction of sp³-hybridized carbons (Fsp3) is 0.444. The van der Waals surface area contributed by atoms with Gasteiger partial charge in [0, 0.05) is 20.0 Å². The number of aromatic amines is 1. The minimum absolute atomic E-state index is 0. The van der Waals surface area contributed by atoms with E-state index in [0.29, 0.717) is 18.8 Å². The summed E-state index contributed by atoms with van der Waals surface area (Å²) >= 11 is 5.87. The first-order chi connectivity index (χ1) is 7.52. The number of H-pyrrole nitrogens is 1. The van der Waals surface area contributed by atoms with E-state index in [0.717, 1.165) is 11.0 Å². The van der Waals surface area contributed by atoms with Gasteiger partial charge in [0.15, 0.2) is 0 Å². The third-order valence-corrected chi connectivity index (χ3v) is 2.96. The van der Waals surface area contributed by atoms with Crippen LogP contribution in [0.3, 0.4) is 0 Å². The molecule has 2 heterocycles. The summed E-state index contributed by atoms with van der Waals surface area (Å²) in [6.45, 7) is 0.599. The quantitative estimate of drug-likeness (QED) is 0.795. The van der Waals surface area contributed by atoms with Gasteiger partial charge in [-0.05, 0) is 6.42 Å². The lowest BCUT2D eigenvalue weighted by Gasteiger charge is -2.18. The van der Waals surface area contributed by atoms with Gasteiger partial charge >= 0.3 is 5.69 Å². The molecule has 8 heteroatoms. The average molecular weight is 279 g/mol. The van der Waals surface area contributed by atoms with Gasteiger partial charge in [-0.15, -0.1) is 12.4 Å². The maximum absolute atomic E-state index is 11.6. The van der Waals surface area contributed by atoms with E-state index in [-0.39, 0.29) is 23.2 Å². The molecule has 0 spiro atoms. The minimum atomic E-state index is -0.542. The highest BCUT2D eigenvalue weighted by molar-refractivity contribution is 6.33. The van der Waals surface area contributed by atoms with Crippen LogP contribution in [0.5, 0.6) is 0 Å². The molecule has 1 aromatic heterocycles. The van der Waals surface area contributed by atoms with E-state index in [1.165, 1.54) is 7.05 Å². The van der Waals surface area contributed by atoms with Crippen molar-refractivity contribution in [1.82, 2.24) is 9.55 Å². The normalized spacial score (nSPS) is 14.9. The molecule has 0 radical (unpaired) electrons. The molecule has 1 aromatic rings. The van der Waals surface area contributed by atoms with Crippen LogP contribution in [0.1, 0.15) is 12.8 Å². The summed E-state index contributed by atoms with van der Waals surface area (Å²) in [5.41, 5.74) is -1.07. The molecule has 1 fully saturated rings. The Hall–Kier alpha value is -1.27. The lowest BCUT2D eigenvalue weighted by Crippen LogP contribution is -2.37. The van der Waals surface area contributed by atoms with Gasteiger partial charge in [-0.25, -0.2) is 4.79 Å². The monoisotopic (exact) mass is 278 g/mol. The highest BCUT2D eigenvalue weighted by Crippen LogP contribution is 2.23. The molecule has 0 saturated carbocycles. The fourth-order valence-corrected chi connectivity index (χ4v) is 1.96. The van der Waals surface area contributed by atoms with Gasteiger partial charge in [-0.3, -0.25) is 19.8 Å². The van der Waals surface area contributed by atoms with Crippen molar-refractivity contribution in [3.63, 3.8) is 0 Å². The minimum Gasteiger partial charge on any atom is -0.315 e. The van der Waals surface area contributed by atoms with Crippen molar-refractivity contribution < 1.29 is 0 Å². The number of nitrogens with one attached hydrogen (secondary N) is 2. The Labute approximate surface area is 108 Å². The molecule has 0 aliphatic carbocycles. The van der Waals surface area contributed by atoms with E-state index in [2.05, 4.69) is 4.98 Å². The predicted octanol–water partition coefficient (Wildman–Crippen LogP) is 0.726. The van der Waals surface area contributed by atoms with E-state index >= 15 is 0 Å². The third-order valence-electron chi connectivity index (χ3n) is 2.62. The van der Waals surface area contributed by atoms with Crippen LogP contribution in [-0.2, 0) is 7.05 Å². The molecule has 2 rings (SSSR count). The van der Waals surface area contributed by atoms with Crippen molar-refractivity contribution in [2.24, 2.45) is 7.05 Å². The first-order valence-corrected chi connectivity index (χ1v) is 5.24. The van der Waals surface area contributed by atoms with E-state index in [9.17, 15) is 9.59 Å². The van der Waals surface area contributed by atoms with E-state index in [1.54, 1.807) is 4.90 Å². The maximum Gasteiger partial charge on any atom is 0.329 e. The molecule has 0 amide bonds. The summed E-state index contributed by atoms with van der Waals surface area (Å²) in [5, 5.41) is 7.62. The lowest BCUT2D eigenvalue weighted by atomic mass is 10.4. The average Bonchev–Trinajstić information content (AvgIpc) is 2.67. The van der Waals surface area contributed by atoms with Gasteiger partial charge in [0.25, 0.3) is 5.56 Å². The van der Waals surface area contributed by atoms with E-state index < -0.39 is 11.2 Å². The topological polar surface area (TPSA) is 81.9 Å². The van der Waals surface area contributed by atoms with Crippen LogP contribution >= 0.6 is 24.0 Å². The summed E-state index contributed by atoms with van der Waals surface area (Å²) in [7, 11) is 1.35. The molecular formula is C9H12Cl2N4O2. The second-order valence-corrected chi connectivity index (χ2v) is 4.04. The Bertz CT molecular complexity index is 563. The zero-order valence-electron chi connectivity index (χ0n) is 9.12. The molecule has 94 valence electrons. The SMILES string of the molecule is Cl.Cn1c(=O)[nH]c(N2CCCC2=N)c(Cl)c1=O. The zero-order valence-corrected chi connectivity index (χ0v) is 10.7. The standard InChI is InChI=1S/C9H11ClN4O2.ClH/c1-13-8(15)6(10)7(12-9(13)16)14-4-2-3-5(14)11;/h11H,2-4H2,1H3,(H,12,16);1H. The third kappa shape index (κ3) is 2.23. The van der Waals surface area contributed by atoms with Crippen LogP contribution in [0.2, 0.25) is 5.02 Å². The molecule has 0 bridgehead atoms. The number of halogens is 2. The Morgan fingerprint density at radius 2 is 2.06 bits per heavy atom. The summed E-state index contributed by atoms with van der Waals surface area (Å²) in [4.78, 5) is 27.1. The first kappa shape index (κ1) is 13.8. The number of hydrogen-bond acceptors (Lipinski definition) is 3. The molecule has 2 N–H and O–H groups in total. The number of anilines is 1. The highest BCUT2D eigenvalue weighted by atomic mass is 35.5. The van der Waals surface area contributed by atoms with Crippen LogP contribution in [0.4, 0.5) is 5.82 Å². The van der Waals surface area contributed by atoms with Crippen molar-refractivity contribution in [3.8, 4) is 0 Å². The number of rotatable bonds is 1. The van der Waals surface area contributed by atoms with Gasteiger partial charge in [0.2, 0.25) is 0 Å². The fourth-order valence-electron chi connectivity index (χ4n) is 1.69. The van der Waals surface area contributed by atoms with Crippen molar-refractivity contribution in [3.05, 3.63) is 25.9 Å². The Balaban J connectivity index is 0.00000144.